The van der Waals surface area contributed by atoms with E-state index in [1.54, 1.807) is 13.8 Å². The van der Waals surface area contributed by atoms with Crippen molar-refractivity contribution in [1.29, 1.82) is 0 Å². The fourth-order valence-corrected chi connectivity index (χ4v) is 1.79. The number of cyclic esters (lactones) is 1. The molecule has 18 heavy (non-hydrogen) atoms. The number of carbonyl (C=O) groups is 1. The maximum Gasteiger partial charge on any atom is 0.344 e. The summed E-state index contributed by atoms with van der Waals surface area (Å²) in [7, 11) is 0. The number of aliphatic hydroxyl groups is 1. The molecule has 0 saturated heterocycles. The predicted molar refractivity (Wildman–Crippen MR) is 68.5 cm³/mol. The fraction of sp³-hybridized carbons (Fsp3) is 0.286. The van der Waals surface area contributed by atoms with Gasteiger partial charge in [0.1, 0.15) is 11.3 Å². The van der Waals surface area contributed by atoms with E-state index in [4.69, 9.17) is 4.74 Å². The highest BCUT2D eigenvalue weighted by Crippen LogP contribution is 2.21. The minimum absolute atomic E-state index is 0.0330. The molecule has 4 heteroatoms. The minimum Gasteiger partial charge on any atom is -0.507 e. The van der Waals surface area contributed by atoms with Crippen molar-refractivity contribution in [3.8, 4) is 0 Å². The minimum atomic E-state index is -0.575. The van der Waals surface area contributed by atoms with Gasteiger partial charge in [-0.05, 0) is 19.4 Å². The molecule has 1 aliphatic rings. The van der Waals surface area contributed by atoms with Gasteiger partial charge < -0.3 is 9.84 Å². The zero-order valence-corrected chi connectivity index (χ0v) is 10.4. The van der Waals surface area contributed by atoms with Crippen LogP contribution in [-0.4, -0.2) is 22.9 Å². The predicted octanol–water partition coefficient (Wildman–Crippen LogP) is 2.40. The van der Waals surface area contributed by atoms with Crippen LogP contribution in [0.4, 0.5) is 0 Å². The topological polar surface area (TPSA) is 58.9 Å². The van der Waals surface area contributed by atoms with Crippen molar-refractivity contribution in [3.63, 3.8) is 0 Å². The zero-order chi connectivity index (χ0) is 13.1. The van der Waals surface area contributed by atoms with Crippen LogP contribution in [0.2, 0.25) is 0 Å². The van der Waals surface area contributed by atoms with E-state index in [0.29, 0.717) is 12.3 Å². The lowest BCUT2D eigenvalue weighted by Gasteiger charge is -2.00. The summed E-state index contributed by atoms with van der Waals surface area (Å²) in [5, 5.41) is 9.75. The molecule has 0 saturated carbocycles. The molecule has 1 unspecified atom stereocenters. The lowest BCUT2D eigenvalue weighted by Crippen LogP contribution is -2.08. The first kappa shape index (κ1) is 12.4. The molecule has 0 aromatic heterocycles. The van der Waals surface area contributed by atoms with E-state index in [0.717, 1.165) is 5.56 Å². The van der Waals surface area contributed by atoms with Crippen LogP contribution in [-0.2, 0) is 16.1 Å². The van der Waals surface area contributed by atoms with Crippen molar-refractivity contribution in [3.05, 3.63) is 47.2 Å². The quantitative estimate of drug-likeness (QED) is 0.657. The Labute approximate surface area is 106 Å². The average molecular weight is 245 g/mol. The molecule has 4 nitrogen and oxygen atoms in total. The highest BCUT2D eigenvalue weighted by Gasteiger charge is 2.32. The van der Waals surface area contributed by atoms with Crippen molar-refractivity contribution < 1.29 is 14.6 Å². The summed E-state index contributed by atoms with van der Waals surface area (Å²) in [6, 6.07) is 9.72. The Morgan fingerprint density at radius 3 is 2.61 bits per heavy atom. The number of aliphatic hydroxyl groups excluding tert-OH is 1. The Hall–Kier alpha value is -2.10. The number of aliphatic imine (C=N–C) groups is 1. The summed E-state index contributed by atoms with van der Waals surface area (Å²) in [4.78, 5) is 15.8. The number of hydrogen-bond donors (Lipinski definition) is 1. The van der Waals surface area contributed by atoms with E-state index in [9.17, 15) is 9.90 Å². The van der Waals surface area contributed by atoms with Crippen LogP contribution >= 0.6 is 0 Å². The number of carbonyl (C=O) groups excluding carboxylic acids is 1. The molecule has 1 aromatic rings. The van der Waals surface area contributed by atoms with Gasteiger partial charge in [-0.1, -0.05) is 30.3 Å². The van der Waals surface area contributed by atoms with Crippen LogP contribution in [0.3, 0.4) is 0 Å². The Kier molecular flexibility index (Phi) is 3.46. The summed E-state index contributed by atoms with van der Waals surface area (Å²) < 4.78 is 4.92. The van der Waals surface area contributed by atoms with Gasteiger partial charge in [0.2, 0.25) is 0 Å². The molecular weight excluding hydrogens is 230 g/mol. The van der Waals surface area contributed by atoms with Crippen LogP contribution in [0.5, 0.6) is 0 Å². The van der Waals surface area contributed by atoms with Crippen molar-refractivity contribution in [2.75, 3.05) is 0 Å². The zero-order valence-electron chi connectivity index (χ0n) is 10.4. The molecule has 1 atom stereocenters. The summed E-state index contributed by atoms with van der Waals surface area (Å²) in [6.07, 6.45) is -0.575. The SMILES string of the molecule is CC(=NCc1ccccc1)C1=C(O)C(C)OC1=O. The van der Waals surface area contributed by atoms with Crippen molar-refractivity contribution in [2.45, 2.75) is 26.5 Å². The van der Waals surface area contributed by atoms with Gasteiger partial charge in [0.15, 0.2) is 6.10 Å². The molecule has 0 aliphatic carbocycles. The van der Waals surface area contributed by atoms with Gasteiger partial charge in [-0.2, -0.15) is 0 Å². The van der Waals surface area contributed by atoms with Crippen molar-refractivity contribution in [1.82, 2.24) is 0 Å². The van der Waals surface area contributed by atoms with Crippen LogP contribution in [0.25, 0.3) is 0 Å². The third kappa shape index (κ3) is 2.42. The van der Waals surface area contributed by atoms with E-state index < -0.39 is 12.1 Å². The van der Waals surface area contributed by atoms with Gasteiger partial charge >= 0.3 is 5.97 Å². The summed E-state index contributed by atoms with van der Waals surface area (Å²) >= 11 is 0. The monoisotopic (exact) mass is 245 g/mol. The van der Waals surface area contributed by atoms with Gasteiger partial charge in [0, 0.05) is 0 Å². The Balaban J connectivity index is 2.17. The molecule has 0 amide bonds. The number of hydrogen-bond acceptors (Lipinski definition) is 4. The second kappa shape index (κ2) is 5.04. The summed E-state index contributed by atoms with van der Waals surface area (Å²) in [6.45, 7) is 3.81. The summed E-state index contributed by atoms with van der Waals surface area (Å²) in [5.41, 5.74) is 1.75. The molecule has 1 aliphatic heterocycles. The highest BCUT2D eigenvalue weighted by molar-refractivity contribution is 6.20. The number of benzene rings is 1. The van der Waals surface area contributed by atoms with E-state index >= 15 is 0 Å². The first-order chi connectivity index (χ1) is 8.59. The van der Waals surface area contributed by atoms with Crippen LogP contribution in [0.1, 0.15) is 19.4 Å². The van der Waals surface area contributed by atoms with Gasteiger partial charge in [-0.25, -0.2) is 4.79 Å². The molecule has 1 heterocycles. The highest BCUT2D eigenvalue weighted by atomic mass is 16.6. The molecule has 0 spiro atoms. The van der Waals surface area contributed by atoms with Crippen LogP contribution < -0.4 is 0 Å². The maximum atomic E-state index is 11.5. The lowest BCUT2D eigenvalue weighted by atomic mass is 10.1. The van der Waals surface area contributed by atoms with Crippen molar-refractivity contribution >= 4 is 11.7 Å². The Morgan fingerprint density at radius 2 is 2.06 bits per heavy atom. The molecule has 0 bridgehead atoms. The maximum absolute atomic E-state index is 11.5. The second-order valence-corrected chi connectivity index (χ2v) is 4.20. The molecular formula is C14H15NO3. The molecule has 94 valence electrons. The van der Waals surface area contributed by atoms with E-state index in [-0.39, 0.29) is 11.3 Å². The Bertz CT molecular complexity index is 517. The number of esters is 1. The van der Waals surface area contributed by atoms with Gasteiger partial charge in [-0.15, -0.1) is 0 Å². The van der Waals surface area contributed by atoms with Gasteiger partial charge in [0.25, 0.3) is 0 Å². The van der Waals surface area contributed by atoms with Crippen LogP contribution in [0, 0.1) is 0 Å². The van der Waals surface area contributed by atoms with Gasteiger partial charge in [0.05, 0.1) is 12.3 Å². The Morgan fingerprint density at radius 1 is 1.39 bits per heavy atom. The van der Waals surface area contributed by atoms with E-state index in [1.165, 1.54) is 0 Å². The fourth-order valence-electron chi connectivity index (χ4n) is 1.79. The third-order valence-electron chi connectivity index (χ3n) is 2.83. The second-order valence-electron chi connectivity index (χ2n) is 4.20. The number of rotatable bonds is 3. The first-order valence-electron chi connectivity index (χ1n) is 5.79. The summed E-state index contributed by atoms with van der Waals surface area (Å²) in [5.74, 6) is -0.538. The van der Waals surface area contributed by atoms with Crippen molar-refractivity contribution in [2.24, 2.45) is 4.99 Å². The molecule has 0 radical (unpaired) electrons. The average Bonchev–Trinajstić information content (AvgIpc) is 2.62. The molecule has 2 rings (SSSR count). The largest absolute Gasteiger partial charge is 0.507 e. The van der Waals surface area contributed by atoms with E-state index in [2.05, 4.69) is 4.99 Å². The third-order valence-corrected chi connectivity index (χ3v) is 2.83. The van der Waals surface area contributed by atoms with Crippen LogP contribution in [0.15, 0.2) is 46.7 Å². The standard InChI is InChI=1S/C14H15NO3/c1-9(12-13(16)10(2)18-14(12)17)15-8-11-6-4-3-5-7-11/h3-7,10,16H,8H2,1-2H3. The molecule has 1 aromatic carbocycles. The number of nitrogens with zero attached hydrogens (tertiary/aromatic N) is 1. The number of ether oxygens (including phenoxy) is 1. The smallest absolute Gasteiger partial charge is 0.344 e. The normalized spacial score (nSPS) is 20.2. The molecule has 0 fully saturated rings. The van der Waals surface area contributed by atoms with Gasteiger partial charge in [-0.3, -0.25) is 4.99 Å². The lowest BCUT2D eigenvalue weighted by molar-refractivity contribution is -0.139. The molecule has 1 N–H and O–H groups in total. The van der Waals surface area contributed by atoms with E-state index in [1.807, 2.05) is 30.3 Å². The first-order valence-corrected chi connectivity index (χ1v) is 5.79.